The van der Waals surface area contributed by atoms with Crippen molar-refractivity contribution in [3.8, 4) is 0 Å². The lowest BCUT2D eigenvalue weighted by molar-refractivity contribution is 0.0974. The van der Waals surface area contributed by atoms with E-state index in [9.17, 15) is 9.59 Å². The van der Waals surface area contributed by atoms with Crippen LogP contribution in [0.4, 0.5) is 0 Å². The summed E-state index contributed by atoms with van der Waals surface area (Å²) in [6, 6.07) is 8.57. The number of hydrogen-bond acceptors (Lipinski definition) is 4. The Balaban J connectivity index is 1.98. The van der Waals surface area contributed by atoms with Crippen LogP contribution in [0.15, 0.2) is 41.5 Å². The van der Waals surface area contributed by atoms with Crippen molar-refractivity contribution in [2.75, 3.05) is 0 Å². The van der Waals surface area contributed by atoms with Crippen LogP contribution < -0.4 is 5.56 Å². The molecule has 0 unspecified atom stereocenters. The van der Waals surface area contributed by atoms with Gasteiger partial charge in [0.25, 0.3) is 5.56 Å². The SMILES string of the molecule is Cc1ccc(C(=O)Cn2cnc3cc(Cl)ccc3c2=O)s1. The van der Waals surface area contributed by atoms with Crippen LogP contribution in [-0.2, 0) is 6.54 Å². The summed E-state index contributed by atoms with van der Waals surface area (Å²) in [7, 11) is 0. The summed E-state index contributed by atoms with van der Waals surface area (Å²) in [5.74, 6) is -0.0923. The molecule has 0 amide bonds. The molecule has 0 aliphatic heterocycles. The largest absolute Gasteiger partial charge is 0.291 e. The van der Waals surface area contributed by atoms with Gasteiger partial charge in [-0.3, -0.25) is 14.2 Å². The molecule has 2 heterocycles. The number of hydrogen-bond donors (Lipinski definition) is 0. The van der Waals surface area contributed by atoms with E-state index in [1.165, 1.54) is 22.2 Å². The number of aryl methyl sites for hydroxylation is 1. The van der Waals surface area contributed by atoms with Crippen LogP contribution in [0.2, 0.25) is 5.02 Å². The lowest BCUT2D eigenvalue weighted by Crippen LogP contribution is -2.24. The van der Waals surface area contributed by atoms with Gasteiger partial charge in [0, 0.05) is 9.90 Å². The number of carbonyl (C=O) groups is 1. The molecule has 4 nitrogen and oxygen atoms in total. The highest BCUT2D eigenvalue weighted by Crippen LogP contribution is 2.17. The van der Waals surface area contributed by atoms with Crippen LogP contribution in [0.1, 0.15) is 14.5 Å². The first-order valence-corrected chi connectivity index (χ1v) is 7.48. The predicted molar refractivity (Wildman–Crippen MR) is 84.4 cm³/mol. The summed E-state index contributed by atoms with van der Waals surface area (Å²) in [6.07, 6.45) is 1.39. The predicted octanol–water partition coefficient (Wildman–Crippen LogP) is 3.30. The molecule has 6 heteroatoms. The molecule has 0 spiro atoms. The molecule has 0 radical (unpaired) electrons. The molecule has 0 atom stereocenters. The van der Waals surface area contributed by atoms with Gasteiger partial charge in [0.2, 0.25) is 0 Å². The van der Waals surface area contributed by atoms with Gasteiger partial charge in [0.05, 0.1) is 28.7 Å². The summed E-state index contributed by atoms with van der Waals surface area (Å²) in [4.78, 5) is 30.4. The molecule has 0 aliphatic rings. The molecule has 106 valence electrons. The van der Waals surface area contributed by atoms with E-state index in [-0.39, 0.29) is 17.9 Å². The summed E-state index contributed by atoms with van der Waals surface area (Å²) in [6.45, 7) is 1.93. The van der Waals surface area contributed by atoms with E-state index < -0.39 is 0 Å². The van der Waals surface area contributed by atoms with Gasteiger partial charge < -0.3 is 0 Å². The van der Waals surface area contributed by atoms with E-state index in [2.05, 4.69) is 4.98 Å². The lowest BCUT2D eigenvalue weighted by Gasteiger charge is -2.05. The van der Waals surface area contributed by atoms with Crippen LogP contribution in [0.3, 0.4) is 0 Å². The number of aromatic nitrogens is 2. The zero-order valence-corrected chi connectivity index (χ0v) is 12.7. The molecule has 0 fully saturated rings. The van der Waals surface area contributed by atoms with Crippen LogP contribution in [0.5, 0.6) is 0 Å². The zero-order valence-electron chi connectivity index (χ0n) is 11.2. The van der Waals surface area contributed by atoms with Crippen molar-refractivity contribution in [1.29, 1.82) is 0 Å². The van der Waals surface area contributed by atoms with Crippen molar-refractivity contribution in [3.63, 3.8) is 0 Å². The number of benzene rings is 1. The minimum atomic E-state index is -0.238. The molecular weight excluding hydrogens is 308 g/mol. The number of thiophene rings is 1. The van der Waals surface area contributed by atoms with Gasteiger partial charge >= 0.3 is 0 Å². The second-order valence-electron chi connectivity index (χ2n) is 4.67. The molecule has 0 bridgehead atoms. The monoisotopic (exact) mass is 318 g/mol. The molecule has 0 N–H and O–H groups in total. The van der Waals surface area contributed by atoms with E-state index in [1.54, 1.807) is 24.3 Å². The van der Waals surface area contributed by atoms with Gasteiger partial charge in [-0.05, 0) is 37.3 Å². The average molecular weight is 319 g/mol. The van der Waals surface area contributed by atoms with Crippen molar-refractivity contribution in [1.82, 2.24) is 9.55 Å². The quantitative estimate of drug-likeness (QED) is 0.696. The molecule has 0 saturated heterocycles. The van der Waals surface area contributed by atoms with E-state index in [0.717, 1.165) is 4.88 Å². The first-order chi connectivity index (χ1) is 10.0. The van der Waals surface area contributed by atoms with Gasteiger partial charge in [-0.15, -0.1) is 11.3 Å². The second-order valence-corrected chi connectivity index (χ2v) is 6.40. The highest BCUT2D eigenvalue weighted by molar-refractivity contribution is 7.14. The number of nitrogens with zero attached hydrogens (tertiary/aromatic N) is 2. The van der Waals surface area contributed by atoms with Crippen LogP contribution in [0, 0.1) is 6.92 Å². The van der Waals surface area contributed by atoms with E-state index in [4.69, 9.17) is 11.6 Å². The first kappa shape index (κ1) is 14.0. The number of Topliss-reactive ketones (excluding diaryl/α,β-unsaturated/α-hetero) is 1. The Morgan fingerprint density at radius 1 is 1.33 bits per heavy atom. The Morgan fingerprint density at radius 2 is 2.14 bits per heavy atom. The van der Waals surface area contributed by atoms with Gasteiger partial charge in [-0.2, -0.15) is 0 Å². The third-order valence-corrected chi connectivity index (χ3v) is 4.39. The molecule has 0 aliphatic carbocycles. The molecule has 0 saturated carbocycles. The number of ketones is 1. The number of fused-ring (bicyclic) bond motifs is 1. The molecule has 2 aromatic heterocycles. The maximum absolute atomic E-state index is 12.3. The molecule has 1 aromatic carbocycles. The summed E-state index contributed by atoms with van der Waals surface area (Å²) in [5.41, 5.74) is 0.293. The minimum Gasteiger partial charge on any atom is -0.291 e. The van der Waals surface area contributed by atoms with Crippen molar-refractivity contribution < 1.29 is 4.79 Å². The number of rotatable bonds is 3. The average Bonchev–Trinajstić information content (AvgIpc) is 2.88. The summed E-state index contributed by atoms with van der Waals surface area (Å²) in [5, 5.41) is 0.981. The van der Waals surface area contributed by atoms with E-state index in [0.29, 0.717) is 20.8 Å². The number of halogens is 1. The van der Waals surface area contributed by atoms with Crippen molar-refractivity contribution >= 4 is 39.6 Å². The van der Waals surface area contributed by atoms with Crippen molar-refractivity contribution in [2.45, 2.75) is 13.5 Å². The maximum atomic E-state index is 12.3. The van der Waals surface area contributed by atoms with Gasteiger partial charge in [-0.25, -0.2) is 4.98 Å². The first-order valence-electron chi connectivity index (χ1n) is 6.29. The minimum absolute atomic E-state index is 0.00957. The molecular formula is C15H11ClN2O2S. The topological polar surface area (TPSA) is 52.0 Å². The number of carbonyl (C=O) groups excluding carboxylic acids is 1. The van der Waals surface area contributed by atoms with Crippen LogP contribution >= 0.6 is 22.9 Å². The molecule has 3 aromatic rings. The fourth-order valence-electron chi connectivity index (χ4n) is 2.06. The van der Waals surface area contributed by atoms with Gasteiger partial charge in [0.15, 0.2) is 5.78 Å². The van der Waals surface area contributed by atoms with E-state index >= 15 is 0 Å². The fourth-order valence-corrected chi connectivity index (χ4v) is 3.02. The smallest absolute Gasteiger partial charge is 0.261 e. The maximum Gasteiger partial charge on any atom is 0.261 e. The normalized spacial score (nSPS) is 11.0. The lowest BCUT2D eigenvalue weighted by atomic mass is 10.2. The molecule has 3 rings (SSSR count). The van der Waals surface area contributed by atoms with Crippen molar-refractivity contribution in [2.24, 2.45) is 0 Å². The Labute approximate surface area is 129 Å². The fraction of sp³-hybridized carbons (Fsp3) is 0.133. The highest BCUT2D eigenvalue weighted by Gasteiger charge is 2.12. The zero-order chi connectivity index (χ0) is 15.0. The van der Waals surface area contributed by atoms with Gasteiger partial charge in [-0.1, -0.05) is 11.6 Å². The highest BCUT2D eigenvalue weighted by atomic mass is 35.5. The van der Waals surface area contributed by atoms with Crippen molar-refractivity contribution in [3.05, 3.63) is 61.8 Å². The molecule has 21 heavy (non-hydrogen) atoms. The Hall–Kier alpha value is -1.98. The van der Waals surface area contributed by atoms with Crippen LogP contribution in [-0.4, -0.2) is 15.3 Å². The van der Waals surface area contributed by atoms with Crippen LogP contribution in [0.25, 0.3) is 10.9 Å². The Morgan fingerprint density at radius 3 is 2.86 bits per heavy atom. The Kier molecular flexibility index (Phi) is 3.61. The third-order valence-electron chi connectivity index (χ3n) is 3.12. The Bertz CT molecular complexity index is 898. The third kappa shape index (κ3) is 2.75. The standard InChI is InChI=1S/C15H11ClN2O2S/c1-9-2-5-14(21-9)13(19)7-18-8-17-12-6-10(16)3-4-11(12)15(18)20/h2-6,8H,7H2,1H3. The summed E-state index contributed by atoms with van der Waals surface area (Å²) >= 11 is 7.30. The summed E-state index contributed by atoms with van der Waals surface area (Å²) < 4.78 is 1.33. The second kappa shape index (κ2) is 5.42. The van der Waals surface area contributed by atoms with Gasteiger partial charge in [0.1, 0.15) is 0 Å². The van der Waals surface area contributed by atoms with E-state index in [1.807, 2.05) is 13.0 Å².